The lowest BCUT2D eigenvalue weighted by Gasteiger charge is -2.16. The van der Waals surface area contributed by atoms with Crippen molar-refractivity contribution in [2.24, 2.45) is 0 Å². The number of nitrogen functional groups attached to an aromatic ring is 1. The summed E-state index contributed by atoms with van der Waals surface area (Å²) < 4.78 is 10.5. The number of hydrogen-bond donors (Lipinski definition) is 1. The molecule has 0 amide bonds. The van der Waals surface area contributed by atoms with Crippen LogP contribution in [0, 0.1) is 0 Å². The van der Waals surface area contributed by atoms with E-state index in [4.69, 9.17) is 15.2 Å². The maximum absolute atomic E-state index is 5.72. The molecule has 1 rings (SSSR count). The highest BCUT2D eigenvalue weighted by Crippen LogP contribution is 2.36. The number of nitrogens with two attached hydrogens (primary N) is 1. The molecule has 1 aromatic carbocycles. The molecular formula is C11H17NO2. The fourth-order valence-electron chi connectivity index (χ4n) is 1.53. The average Bonchev–Trinajstić information content (AvgIpc) is 2.15. The highest BCUT2D eigenvalue weighted by atomic mass is 16.5. The molecule has 14 heavy (non-hydrogen) atoms. The van der Waals surface area contributed by atoms with Gasteiger partial charge in [-0.05, 0) is 5.92 Å². The van der Waals surface area contributed by atoms with Gasteiger partial charge in [0.15, 0.2) is 0 Å². The Balaban J connectivity index is 3.33. The fourth-order valence-corrected chi connectivity index (χ4v) is 1.53. The number of anilines is 1. The zero-order valence-corrected chi connectivity index (χ0v) is 9.13. The lowest BCUT2D eigenvalue weighted by molar-refractivity contribution is 0.382. The second-order valence-electron chi connectivity index (χ2n) is 3.49. The summed E-state index contributed by atoms with van der Waals surface area (Å²) in [5.74, 6) is 1.93. The standard InChI is InChI=1S/C11H17NO2/c1-7(2)11-9(13-3)5-8(12)6-10(11)14-4/h5-7H,12H2,1-4H3. The van der Waals surface area contributed by atoms with Crippen molar-refractivity contribution >= 4 is 5.69 Å². The zero-order chi connectivity index (χ0) is 10.7. The van der Waals surface area contributed by atoms with Crippen LogP contribution in [0.4, 0.5) is 5.69 Å². The van der Waals surface area contributed by atoms with Crippen LogP contribution in [0.5, 0.6) is 11.5 Å². The third kappa shape index (κ3) is 1.92. The van der Waals surface area contributed by atoms with E-state index in [1.165, 1.54) is 0 Å². The van der Waals surface area contributed by atoms with E-state index in [2.05, 4.69) is 13.8 Å². The van der Waals surface area contributed by atoms with E-state index < -0.39 is 0 Å². The molecule has 0 unspecified atom stereocenters. The Bertz CT molecular complexity index is 296. The molecule has 0 heterocycles. The van der Waals surface area contributed by atoms with Gasteiger partial charge in [0.2, 0.25) is 0 Å². The van der Waals surface area contributed by atoms with Gasteiger partial charge in [-0.25, -0.2) is 0 Å². The van der Waals surface area contributed by atoms with Gasteiger partial charge in [-0.1, -0.05) is 13.8 Å². The topological polar surface area (TPSA) is 44.5 Å². The molecule has 0 fully saturated rings. The summed E-state index contributed by atoms with van der Waals surface area (Å²) in [5.41, 5.74) is 7.43. The van der Waals surface area contributed by atoms with E-state index in [9.17, 15) is 0 Å². The number of ether oxygens (including phenoxy) is 2. The first-order valence-corrected chi connectivity index (χ1v) is 4.61. The van der Waals surface area contributed by atoms with Crippen LogP contribution in [-0.2, 0) is 0 Å². The van der Waals surface area contributed by atoms with Gasteiger partial charge in [-0.2, -0.15) is 0 Å². The van der Waals surface area contributed by atoms with Crippen molar-refractivity contribution < 1.29 is 9.47 Å². The Morgan fingerprint density at radius 1 is 1.07 bits per heavy atom. The Labute approximate surface area is 84.8 Å². The molecule has 1 aromatic rings. The summed E-state index contributed by atoms with van der Waals surface area (Å²) >= 11 is 0. The highest BCUT2D eigenvalue weighted by molar-refractivity contribution is 5.57. The van der Waals surface area contributed by atoms with E-state index in [1.807, 2.05) is 12.1 Å². The lowest BCUT2D eigenvalue weighted by Crippen LogP contribution is -2.00. The van der Waals surface area contributed by atoms with Crippen molar-refractivity contribution in [3.63, 3.8) is 0 Å². The van der Waals surface area contributed by atoms with E-state index in [0.29, 0.717) is 11.6 Å². The molecule has 0 saturated heterocycles. The quantitative estimate of drug-likeness (QED) is 0.753. The molecule has 2 N–H and O–H groups in total. The number of rotatable bonds is 3. The van der Waals surface area contributed by atoms with Crippen molar-refractivity contribution in [2.45, 2.75) is 19.8 Å². The Hall–Kier alpha value is -1.38. The van der Waals surface area contributed by atoms with Crippen molar-refractivity contribution in [1.29, 1.82) is 0 Å². The molecule has 78 valence electrons. The predicted octanol–water partition coefficient (Wildman–Crippen LogP) is 2.41. The van der Waals surface area contributed by atoms with Crippen LogP contribution in [-0.4, -0.2) is 14.2 Å². The molecule has 0 aromatic heterocycles. The van der Waals surface area contributed by atoms with Crippen LogP contribution in [0.2, 0.25) is 0 Å². The second-order valence-corrected chi connectivity index (χ2v) is 3.49. The maximum Gasteiger partial charge on any atom is 0.128 e. The van der Waals surface area contributed by atoms with Gasteiger partial charge in [-0.3, -0.25) is 0 Å². The van der Waals surface area contributed by atoms with Crippen LogP contribution in [0.3, 0.4) is 0 Å². The molecule has 0 radical (unpaired) electrons. The second kappa shape index (κ2) is 4.22. The largest absolute Gasteiger partial charge is 0.496 e. The van der Waals surface area contributed by atoms with Crippen molar-refractivity contribution in [3.05, 3.63) is 17.7 Å². The molecule has 0 aliphatic heterocycles. The van der Waals surface area contributed by atoms with Gasteiger partial charge in [0.25, 0.3) is 0 Å². The molecule has 3 nitrogen and oxygen atoms in total. The summed E-state index contributed by atoms with van der Waals surface area (Å²) in [6.45, 7) is 4.19. The first-order valence-electron chi connectivity index (χ1n) is 4.61. The molecule has 0 atom stereocenters. The fraction of sp³-hybridized carbons (Fsp3) is 0.455. The van der Waals surface area contributed by atoms with Crippen molar-refractivity contribution in [1.82, 2.24) is 0 Å². The van der Waals surface area contributed by atoms with Crippen LogP contribution < -0.4 is 15.2 Å². The highest BCUT2D eigenvalue weighted by Gasteiger charge is 2.14. The molecule has 0 bridgehead atoms. The predicted molar refractivity (Wildman–Crippen MR) is 58.0 cm³/mol. The number of benzene rings is 1. The van der Waals surface area contributed by atoms with E-state index >= 15 is 0 Å². The minimum atomic E-state index is 0.348. The number of hydrogen-bond acceptors (Lipinski definition) is 3. The Morgan fingerprint density at radius 3 is 1.79 bits per heavy atom. The summed E-state index contributed by atoms with van der Waals surface area (Å²) in [6, 6.07) is 3.63. The van der Waals surface area contributed by atoms with Crippen LogP contribution in [0.1, 0.15) is 25.3 Å². The first-order chi connectivity index (χ1) is 6.60. The SMILES string of the molecule is COc1cc(N)cc(OC)c1C(C)C. The summed E-state index contributed by atoms with van der Waals surface area (Å²) in [6.07, 6.45) is 0. The molecule has 0 aliphatic rings. The van der Waals surface area contributed by atoms with Crippen LogP contribution in [0.25, 0.3) is 0 Å². The van der Waals surface area contributed by atoms with Crippen molar-refractivity contribution in [3.8, 4) is 11.5 Å². The molecule has 0 spiro atoms. The average molecular weight is 195 g/mol. The molecule has 3 heteroatoms. The number of methoxy groups -OCH3 is 2. The van der Waals surface area contributed by atoms with Gasteiger partial charge in [0, 0.05) is 23.4 Å². The van der Waals surface area contributed by atoms with E-state index in [0.717, 1.165) is 17.1 Å². The van der Waals surface area contributed by atoms with Gasteiger partial charge in [-0.15, -0.1) is 0 Å². The zero-order valence-electron chi connectivity index (χ0n) is 9.13. The maximum atomic E-state index is 5.72. The molecular weight excluding hydrogens is 178 g/mol. The normalized spacial score (nSPS) is 10.4. The van der Waals surface area contributed by atoms with Gasteiger partial charge in [0.05, 0.1) is 14.2 Å². The van der Waals surface area contributed by atoms with Crippen LogP contribution >= 0.6 is 0 Å². The van der Waals surface area contributed by atoms with E-state index in [-0.39, 0.29) is 0 Å². The third-order valence-electron chi connectivity index (χ3n) is 2.14. The Morgan fingerprint density at radius 2 is 1.50 bits per heavy atom. The molecule has 0 saturated carbocycles. The smallest absolute Gasteiger partial charge is 0.128 e. The third-order valence-corrected chi connectivity index (χ3v) is 2.14. The monoisotopic (exact) mass is 195 g/mol. The minimum Gasteiger partial charge on any atom is -0.496 e. The Kier molecular flexibility index (Phi) is 3.23. The van der Waals surface area contributed by atoms with Crippen LogP contribution in [0.15, 0.2) is 12.1 Å². The minimum absolute atomic E-state index is 0.348. The lowest BCUT2D eigenvalue weighted by atomic mass is 10.0. The summed E-state index contributed by atoms with van der Waals surface area (Å²) in [7, 11) is 3.28. The van der Waals surface area contributed by atoms with E-state index in [1.54, 1.807) is 14.2 Å². The summed E-state index contributed by atoms with van der Waals surface area (Å²) in [5, 5.41) is 0. The molecule has 0 aliphatic carbocycles. The van der Waals surface area contributed by atoms with Gasteiger partial charge >= 0.3 is 0 Å². The summed E-state index contributed by atoms with van der Waals surface area (Å²) in [4.78, 5) is 0. The van der Waals surface area contributed by atoms with Crippen molar-refractivity contribution in [2.75, 3.05) is 20.0 Å². The van der Waals surface area contributed by atoms with Gasteiger partial charge < -0.3 is 15.2 Å². The first kappa shape index (κ1) is 10.7. The van der Waals surface area contributed by atoms with Gasteiger partial charge in [0.1, 0.15) is 11.5 Å².